The first kappa shape index (κ1) is 19.7. The van der Waals surface area contributed by atoms with E-state index in [9.17, 15) is 4.79 Å². The average molecular weight is 377 g/mol. The van der Waals surface area contributed by atoms with Crippen LogP contribution in [-0.2, 0) is 11.8 Å². The summed E-state index contributed by atoms with van der Waals surface area (Å²) in [6, 6.07) is 14.2. The van der Waals surface area contributed by atoms with Crippen molar-refractivity contribution in [2.24, 2.45) is 12.1 Å². The van der Waals surface area contributed by atoms with Gasteiger partial charge in [-0.05, 0) is 43.0 Å². The molecule has 3 rings (SSSR count). The van der Waals surface area contributed by atoms with Crippen LogP contribution in [-0.4, -0.2) is 23.3 Å². The van der Waals surface area contributed by atoms with E-state index in [0.29, 0.717) is 5.92 Å². The number of rotatable bonds is 6. The molecule has 5 heteroatoms. The molecule has 0 radical (unpaired) electrons. The van der Waals surface area contributed by atoms with Crippen LogP contribution in [0.1, 0.15) is 42.1 Å². The van der Waals surface area contributed by atoms with E-state index in [4.69, 9.17) is 4.74 Å². The number of carbonyl (C=O) groups excluding carboxylic acids is 1. The van der Waals surface area contributed by atoms with Crippen molar-refractivity contribution in [1.82, 2.24) is 9.99 Å². The highest BCUT2D eigenvalue weighted by atomic mass is 16.5. The number of hydrogen-bond acceptors (Lipinski definition) is 3. The van der Waals surface area contributed by atoms with Crippen molar-refractivity contribution in [3.05, 3.63) is 64.8 Å². The molecule has 0 saturated heterocycles. The lowest BCUT2D eigenvalue weighted by atomic mass is 10.0. The van der Waals surface area contributed by atoms with E-state index in [1.807, 2.05) is 39.1 Å². The van der Waals surface area contributed by atoms with Crippen LogP contribution in [0.2, 0.25) is 0 Å². The second-order valence-corrected chi connectivity index (χ2v) is 7.35. The monoisotopic (exact) mass is 377 g/mol. The van der Waals surface area contributed by atoms with E-state index in [1.165, 1.54) is 0 Å². The van der Waals surface area contributed by atoms with Crippen molar-refractivity contribution in [3.8, 4) is 5.75 Å². The predicted octanol–water partition coefficient (Wildman–Crippen LogP) is 4.45. The number of hydrazone groups is 1. The number of carbonyl (C=O) groups is 1. The van der Waals surface area contributed by atoms with E-state index >= 15 is 0 Å². The SMILES string of the molecule is Cc1ccc(C(C)C)c(OCC(=O)N/N=C/c2c(C)n(C)c3ccccc23)c1. The first-order chi connectivity index (χ1) is 13.4. The fourth-order valence-corrected chi connectivity index (χ4v) is 3.30. The van der Waals surface area contributed by atoms with Gasteiger partial charge in [0.05, 0.1) is 6.21 Å². The van der Waals surface area contributed by atoms with Crippen molar-refractivity contribution in [1.29, 1.82) is 0 Å². The van der Waals surface area contributed by atoms with Gasteiger partial charge in [0.1, 0.15) is 5.75 Å². The molecular formula is C23H27N3O2. The van der Waals surface area contributed by atoms with Gasteiger partial charge in [-0.3, -0.25) is 4.79 Å². The maximum atomic E-state index is 12.2. The highest BCUT2D eigenvalue weighted by molar-refractivity contribution is 6.01. The Morgan fingerprint density at radius 2 is 1.96 bits per heavy atom. The van der Waals surface area contributed by atoms with Gasteiger partial charge in [0.15, 0.2) is 6.61 Å². The molecule has 1 amide bonds. The Labute approximate surface area is 166 Å². The lowest BCUT2D eigenvalue weighted by molar-refractivity contribution is -0.123. The molecule has 0 aliphatic heterocycles. The molecule has 0 fully saturated rings. The van der Waals surface area contributed by atoms with Crippen LogP contribution >= 0.6 is 0 Å². The summed E-state index contributed by atoms with van der Waals surface area (Å²) in [7, 11) is 2.02. The highest BCUT2D eigenvalue weighted by Gasteiger charge is 2.11. The molecule has 3 aromatic rings. The van der Waals surface area contributed by atoms with Gasteiger partial charge in [-0.2, -0.15) is 5.10 Å². The van der Waals surface area contributed by atoms with Gasteiger partial charge in [-0.15, -0.1) is 0 Å². The van der Waals surface area contributed by atoms with Crippen LogP contribution in [0.4, 0.5) is 0 Å². The second kappa shape index (κ2) is 8.30. The van der Waals surface area contributed by atoms with Gasteiger partial charge in [-0.1, -0.05) is 44.2 Å². The predicted molar refractivity (Wildman–Crippen MR) is 114 cm³/mol. The van der Waals surface area contributed by atoms with E-state index < -0.39 is 0 Å². The fourth-order valence-electron chi connectivity index (χ4n) is 3.30. The molecule has 2 aromatic carbocycles. The third kappa shape index (κ3) is 4.09. The second-order valence-electron chi connectivity index (χ2n) is 7.35. The van der Waals surface area contributed by atoms with Crippen molar-refractivity contribution in [2.75, 3.05) is 6.61 Å². The Hall–Kier alpha value is -3.08. The van der Waals surface area contributed by atoms with Gasteiger partial charge in [-0.25, -0.2) is 5.43 Å². The van der Waals surface area contributed by atoms with Crippen molar-refractivity contribution >= 4 is 23.0 Å². The zero-order valence-corrected chi connectivity index (χ0v) is 17.1. The lowest BCUT2D eigenvalue weighted by Gasteiger charge is -2.14. The smallest absolute Gasteiger partial charge is 0.277 e. The summed E-state index contributed by atoms with van der Waals surface area (Å²) in [6.45, 7) is 8.18. The summed E-state index contributed by atoms with van der Waals surface area (Å²) in [4.78, 5) is 12.2. The first-order valence-corrected chi connectivity index (χ1v) is 9.47. The third-order valence-electron chi connectivity index (χ3n) is 4.98. The van der Waals surface area contributed by atoms with E-state index in [1.54, 1.807) is 6.21 Å². The minimum atomic E-state index is -0.287. The fraction of sp³-hybridized carbons (Fsp3) is 0.304. The lowest BCUT2D eigenvalue weighted by Crippen LogP contribution is -2.25. The maximum Gasteiger partial charge on any atom is 0.277 e. The highest BCUT2D eigenvalue weighted by Crippen LogP contribution is 2.27. The Morgan fingerprint density at radius 3 is 2.71 bits per heavy atom. The quantitative estimate of drug-likeness (QED) is 0.510. The van der Waals surface area contributed by atoms with Crippen LogP contribution in [0, 0.1) is 13.8 Å². The minimum Gasteiger partial charge on any atom is -0.483 e. The summed E-state index contributed by atoms with van der Waals surface area (Å²) >= 11 is 0. The average Bonchev–Trinajstić information content (AvgIpc) is 2.91. The number of fused-ring (bicyclic) bond motifs is 1. The van der Waals surface area contributed by atoms with Crippen LogP contribution in [0.5, 0.6) is 5.75 Å². The number of nitrogens with one attached hydrogen (secondary N) is 1. The number of ether oxygens (including phenoxy) is 1. The molecule has 0 unspecified atom stereocenters. The van der Waals surface area contributed by atoms with Gasteiger partial charge in [0.25, 0.3) is 5.91 Å². The molecule has 0 spiro atoms. The van der Waals surface area contributed by atoms with Crippen LogP contribution < -0.4 is 10.2 Å². The number of aryl methyl sites for hydroxylation is 2. The topological polar surface area (TPSA) is 55.6 Å². The number of nitrogens with zero attached hydrogens (tertiary/aromatic N) is 2. The van der Waals surface area contributed by atoms with Gasteiger partial charge in [0.2, 0.25) is 0 Å². The van der Waals surface area contributed by atoms with Gasteiger partial charge >= 0.3 is 0 Å². The molecule has 28 heavy (non-hydrogen) atoms. The summed E-state index contributed by atoms with van der Waals surface area (Å²) < 4.78 is 7.87. The molecule has 0 aliphatic rings. The maximum absolute atomic E-state index is 12.2. The minimum absolute atomic E-state index is 0.0744. The van der Waals surface area contributed by atoms with Crippen molar-refractivity contribution in [2.45, 2.75) is 33.6 Å². The number of hydrogen-bond donors (Lipinski definition) is 1. The Morgan fingerprint density at radius 1 is 1.21 bits per heavy atom. The molecule has 0 aliphatic carbocycles. The van der Waals surface area contributed by atoms with Gasteiger partial charge in [0, 0.05) is 29.2 Å². The molecule has 1 heterocycles. The number of benzene rings is 2. The Balaban J connectivity index is 1.66. The molecule has 5 nitrogen and oxygen atoms in total. The van der Waals surface area contributed by atoms with Gasteiger partial charge < -0.3 is 9.30 Å². The van der Waals surface area contributed by atoms with E-state index in [-0.39, 0.29) is 12.5 Å². The molecule has 0 atom stereocenters. The summed E-state index contributed by atoms with van der Waals surface area (Å²) in [5.74, 6) is 0.787. The zero-order valence-electron chi connectivity index (χ0n) is 17.1. The molecule has 1 aromatic heterocycles. The molecule has 1 N–H and O–H groups in total. The Kier molecular flexibility index (Phi) is 5.83. The molecule has 0 saturated carbocycles. The van der Waals surface area contributed by atoms with Crippen LogP contribution in [0.15, 0.2) is 47.6 Å². The molecule has 146 valence electrons. The standard InChI is InChI=1S/C23H27N3O2/c1-15(2)18-11-10-16(3)12-22(18)28-14-23(27)25-24-13-20-17(4)26(5)21-9-7-6-8-19(20)21/h6-13,15H,14H2,1-5H3,(H,25,27)/b24-13+. The normalized spacial score (nSPS) is 11.5. The summed E-state index contributed by atoms with van der Waals surface area (Å²) in [6.07, 6.45) is 1.70. The van der Waals surface area contributed by atoms with E-state index in [0.717, 1.165) is 39.0 Å². The van der Waals surface area contributed by atoms with Crippen LogP contribution in [0.3, 0.4) is 0 Å². The third-order valence-corrected chi connectivity index (χ3v) is 4.98. The molecular weight excluding hydrogens is 350 g/mol. The molecule has 0 bridgehead atoms. The number of amides is 1. The first-order valence-electron chi connectivity index (χ1n) is 9.47. The van der Waals surface area contributed by atoms with Crippen LogP contribution in [0.25, 0.3) is 10.9 Å². The van der Waals surface area contributed by atoms with Crippen molar-refractivity contribution in [3.63, 3.8) is 0 Å². The zero-order chi connectivity index (χ0) is 20.3. The van der Waals surface area contributed by atoms with Crippen molar-refractivity contribution < 1.29 is 9.53 Å². The number of aromatic nitrogens is 1. The summed E-state index contributed by atoms with van der Waals surface area (Å²) in [5.41, 5.74) is 7.98. The number of para-hydroxylation sites is 1. The Bertz CT molecular complexity index is 1030. The summed E-state index contributed by atoms with van der Waals surface area (Å²) in [5, 5.41) is 5.24. The largest absolute Gasteiger partial charge is 0.483 e. The van der Waals surface area contributed by atoms with E-state index in [2.05, 4.69) is 53.2 Å².